The largest absolute Gasteiger partial charge is 0.297 e. The lowest BCUT2D eigenvalue weighted by atomic mass is 9.53. The van der Waals surface area contributed by atoms with Gasteiger partial charge in [0.1, 0.15) is 37.0 Å². The maximum Gasteiger partial charge on any atom is 0.240 e. The van der Waals surface area contributed by atoms with Crippen molar-refractivity contribution in [3.05, 3.63) is 35.4 Å². The third kappa shape index (κ3) is 1.94. The van der Waals surface area contributed by atoms with Crippen LogP contribution in [0.5, 0.6) is 0 Å². The molecule has 3 heteroatoms. The molecular weight excluding hydrogens is 296 g/mol. The third-order valence-electron chi connectivity index (χ3n) is 7.51. The van der Waals surface area contributed by atoms with Gasteiger partial charge in [-0.3, -0.25) is 14.6 Å². The molecule has 130 valence electrons. The minimum Gasteiger partial charge on any atom is -0.297 e. The molecule has 3 nitrogen and oxygen atoms in total. The van der Waals surface area contributed by atoms with Crippen molar-refractivity contribution in [2.45, 2.75) is 40.8 Å². The number of quaternary nitrogens is 2. The lowest BCUT2D eigenvalue weighted by Gasteiger charge is -2.62. The zero-order valence-electron chi connectivity index (χ0n) is 15.8. The van der Waals surface area contributed by atoms with Crippen LogP contribution in [0.4, 0.5) is 0 Å². The average molecular weight is 329 g/mol. The summed E-state index contributed by atoms with van der Waals surface area (Å²) in [6, 6.07) is 9.11. The van der Waals surface area contributed by atoms with Gasteiger partial charge in [-0.05, 0) is 30.9 Å². The summed E-state index contributed by atoms with van der Waals surface area (Å²) in [5.41, 5.74) is 2.57. The highest BCUT2D eigenvalue weighted by Gasteiger charge is 2.72. The molecule has 5 rings (SSSR count). The standard InChI is InChI=1S/C21H30N2O/c1-14(2)20-10-22-12-21(15(3)4,19(20)24)13-23(11-20)18(22)17-8-6-16(5)7-9-17/h6-9,14-15,18H,10-13H2,1-5H3/p+2. The van der Waals surface area contributed by atoms with Crippen molar-refractivity contribution in [3.8, 4) is 0 Å². The van der Waals surface area contributed by atoms with Crippen molar-refractivity contribution in [2.24, 2.45) is 22.7 Å². The smallest absolute Gasteiger partial charge is 0.240 e. The van der Waals surface area contributed by atoms with Gasteiger partial charge in [-0.1, -0.05) is 45.4 Å². The molecule has 0 aromatic heterocycles. The maximum absolute atomic E-state index is 13.6. The van der Waals surface area contributed by atoms with E-state index < -0.39 is 0 Å². The Hall–Kier alpha value is -1.19. The highest BCUT2D eigenvalue weighted by atomic mass is 16.1. The first-order valence-electron chi connectivity index (χ1n) is 9.61. The van der Waals surface area contributed by atoms with Crippen LogP contribution < -0.4 is 9.80 Å². The first-order valence-corrected chi connectivity index (χ1v) is 9.61. The quantitative estimate of drug-likeness (QED) is 0.838. The molecule has 0 atom stereocenters. The minimum absolute atomic E-state index is 0.105. The molecule has 4 bridgehead atoms. The fraction of sp³-hybridized carbons (Fsp3) is 0.667. The zero-order chi connectivity index (χ0) is 17.3. The third-order valence-corrected chi connectivity index (χ3v) is 7.51. The minimum atomic E-state index is -0.105. The number of carbonyl (C=O) groups excluding carboxylic acids is 1. The summed E-state index contributed by atoms with van der Waals surface area (Å²) in [4.78, 5) is 16.9. The van der Waals surface area contributed by atoms with E-state index in [0.29, 0.717) is 23.8 Å². The molecule has 0 saturated carbocycles. The molecular formula is C21H32N2O+2. The zero-order valence-corrected chi connectivity index (χ0v) is 15.8. The first kappa shape index (κ1) is 16.3. The lowest BCUT2D eigenvalue weighted by molar-refractivity contribution is -1.18. The molecule has 4 saturated heterocycles. The second kappa shape index (κ2) is 5.15. The van der Waals surface area contributed by atoms with E-state index in [2.05, 4.69) is 58.9 Å². The molecule has 2 N–H and O–H groups in total. The van der Waals surface area contributed by atoms with Crippen LogP contribution >= 0.6 is 0 Å². The Bertz CT molecular complexity index is 615. The molecule has 4 fully saturated rings. The summed E-state index contributed by atoms with van der Waals surface area (Å²) in [7, 11) is 0. The Morgan fingerprint density at radius 2 is 1.29 bits per heavy atom. The van der Waals surface area contributed by atoms with E-state index >= 15 is 0 Å². The Kier molecular flexibility index (Phi) is 3.50. The molecule has 4 aliphatic rings. The molecule has 0 spiro atoms. The van der Waals surface area contributed by atoms with E-state index in [9.17, 15) is 4.79 Å². The number of hydrogen-bond donors (Lipinski definition) is 2. The van der Waals surface area contributed by atoms with Gasteiger partial charge >= 0.3 is 0 Å². The number of nitrogens with one attached hydrogen (secondary N) is 2. The normalized spacial score (nSPS) is 40.8. The van der Waals surface area contributed by atoms with E-state index in [1.165, 1.54) is 11.1 Å². The first-order chi connectivity index (χ1) is 11.3. The van der Waals surface area contributed by atoms with Crippen LogP contribution in [0, 0.1) is 29.6 Å². The molecule has 0 aliphatic carbocycles. The van der Waals surface area contributed by atoms with Crippen LogP contribution in [0.1, 0.15) is 45.0 Å². The maximum atomic E-state index is 13.6. The van der Waals surface area contributed by atoms with E-state index in [1.807, 2.05) is 0 Å². The van der Waals surface area contributed by atoms with Gasteiger partial charge in [-0.15, -0.1) is 0 Å². The van der Waals surface area contributed by atoms with Crippen LogP contribution in [0.15, 0.2) is 24.3 Å². The van der Waals surface area contributed by atoms with E-state index in [-0.39, 0.29) is 10.8 Å². The lowest BCUT2D eigenvalue weighted by Crippen LogP contribution is -3.41. The predicted molar refractivity (Wildman–Crippen MR) is 94.9 cm³/mol. The van der Waals surface area contributed by atoms with Gasteiger partial charge in [-0.25, -0.2) is 0 Å². The number of piperidine rings is 2. The monoisotopic (exact) mass is 328 g/mol. The second-order valence-corrected chi connectivity index (χ2v) is 9.32. The summed E-state index contributed by atoms with van der Waals surface area (Å²) in [6.07, 6.45) is 0.512. The van der Waals surface area contributed by atoms with Gasteiger partial charge in [0.25, 0.3) is 0 Å². The van der Waals surface area contributed by atoms with E-state index in [4.69, 9.17) is 0 Å². The SMILES string of the molecule is Cc1ccc(C2[NH+]3CC4(C(C)C)C[NH+]2CC(C(C)C)(C3)C4=O)cc1. The summed E-state index contributed by atoms with van der Waals surface area (Å²) in [5.74, 6) is 1.47. The molecule has 4 aliphatic heterocycles. The van der Waals surface area contributed by atoms with Crippen LogP contribution in [-0.4, -0.2) is 32.0 Å². The summed E-state index contributed by atoms with van der Waals surface area (Å²) < 4.78 is 0. The Labute approximate surface area is 146 Å². The number of hydrogen-bond acceptors (Lipinski definition) is 1. The van der Waals surface area contributed by atoms with Crippen LogP contribution in [0.2, 0.25) is 0 Å². The molecule has 1 aromatic rings. The average Bonchev–Trinajstić information content (AvgIpc) is 2.52. The van der Waals surface area contributed by atoms with Crippen LogP contribution in [0.3, 0.4) is 0 Å². The fourth-order valence-electron chi connectivity index (χ4n) is 5.96. The number of Topliss-reactive ketones (excluding diaryl/α,β-unsaturated/α-hetero) is 1. The van der Waals surface area contributed by atoms with Gasteiger partial charge in [0.15, 0.2) is 5.78 Å². The van der Waals surface area contributed by atoms with Crippen molar-refractivity contribution >= 4 is 5.78 Å². The topological polar surface area (TPSA) is 26.0 Å². The number of aryl methyl sites for hydroxylation is 1. The van der Waals surface area contributed by atoms with Crippen LogP contribution in [0.25, 0.3) is 0 Å². The van der Waals surface area contributed by atoms with Crippen molar-refractivity contribution in [1.82, 2.24) is 0 Å². The molecule has 1 aromatic carbocycles. The Balaban J connectivity index is 1.78. The van der Waals surface area contributed by atoms with Crippen LogP contribution in [-0.2, 0) is 4.79 Å². The van der Waals surface area contributed by atoms with Crippen molar-refractivity contribution in [3.63, 3.8) is 0 Å². The van der Waals surface area contributed by atoms with E-state index in [0.717, 1.165) is 26.2 Å². The second-order valence-electron chi connectivity index (χ2n) is 9.32. The van der Waals surface area contributed by atoms with Gasteiger partial charge < -0.3 is 0 Å². The number of benzene rings is 1. The molecule has 0 unspecified atom stereocenters. The van der Waals surface area contributed by atoms with Gasteiger partial charge in [-0.2, -0.15) is 0 Å². The number of ketones is 1. The predicted octanol–water partition coefficient (Wildman–Crippen LogP) is 0.658. The highest BCUT2D eigenvalue weighted by molar-refractivity contribution is 5.92. The fourth-order valence-corrected chi connectivity index (χ4v) is 5.96. The molecule has 4 heterocycles. The van der Waals surface area contributed by atoms with Crippen molar-refractivity contribution in [2.75, 3.05) is 26.2 Å². The van der Waals surface area contributed by atoms with E-state index in [1.54, 1.807) is 9.80 Å². The highest BCUT2D eigenvalue weighted by Crippen LogP contribution is 2.44. The Morgan fingerprint density at radius 3 is 1.67 bits per heavy atom. The summed E-state index contributed by atoms with van der Waals surface area (Å²) in [5, 5.41) is 0. The van der Waals surface area contributed by atoms with Crippen molar-refractivity contribution in [1.29, 1.82) is 0 Å². The molecule has 0 amide bonds. The molecule has 0 radical (unpaired) electrons. The Morgan fingerprint density at radius 1 is 0.875 bits per heavy atom. The van der Waals surface area contributed by atoms with Gasteiger partial charge in [0.2, 0.25) is 6.17 Å². The number of carbonyl (C=O) groups is 1. The number of rotatable bonds is 3. The van der Waals surface area contributed by atoms with Gasteiger partial charge in [0.05, 0.1) is 5.56 Å². The summed E-state index contributed by atoms with van der Waals surface area (Å²) >= 11 is 0. The summed E-state index contributed by atoms with van der Waals surface area (Å²) in [6.45, 7) is 15.3. The molecule has 24 heavy (non-hydrogen) atoms. The van der Waals surface area contributed by atoms with Crippen molar-refractivity contribution < 1.29 is 14.6 Å². The van der Waals surface area contributed by atoms with Gasteiger partial charge in [0, 0.05) is 0 Å².